The minimum atomic E-state index is -2.63. The van der Waals surface area contributed by atoms with Gasteiger partial charge in [-0.3, -0.25) is 39.2 Å². The topological polar surface area (TPSA) is 316 Å². The Morgan fingerprint density at radius 1 is 0.450 bits per heavy atom. The Morgan fingerprint density at radius 2 is 0.850 bits per heavy atom. The summed E-state index contributed by atoms with van der Waals surface area (Å²) >= 11 is 16.7. The van der Waals surface area contributed by atoms with E-state index >= 15 is 0 Å². The highest BCUT2D eigenvalue weighted by atomic mass is 35.5. The number of aliphatic carboxylic acids is 3. The zero-order valence-corrected chi connectivity index (χ0v) is 70.0. The summed E-state index contributed by atoms with van der Waals surface area (Å²) in [6.45, 7) is 3.36. The molecule has 0 aliphatic heterocycles. The second kappa shape index (κ2) is 46.7. The third kappa shape index (κ3) is 31.2. The molecule has 22 nitrogen and oxygen atoms in total. The van der Waals surface area contributed by atoms with Crippen molar-refractivity contribution in [1.82, 2.24) is 59.6 Å². The van der Waals surface area contributed by atoms with E-state index in [2.05, 4.69) is 76.5 Å². The SMILES string of the molecule is Clc1cc(Cl)ncn1.N[C@@H](CCN(CCCCc1ccc2c(n1)CCCC2)C1CC(F)(F)C1)C(=O)O.O=C(O)[C@H](CCN(CCCCc1ccc2c(n1)CCCC2)C1CC(F)(F)C1)Cc1cc(-c2ccccc2)ncn1.O=C(O)[C@H](CCN(CCCCc1ccc2c(n1)CCCC2)C1CC(F)(F)C1)Nc1cc(Cl)ncn1.OB(O)c1ccccc1. The Kier molecular flexibility index (Phi) is 36.6. The average Bonchev–Trinajstić information content (AvgIpc) is 0.807. The number of rotatable bonds is 36. The molecule has 8 aromatic rings. The summed E-state index contributed by atoms with van der Waals surface area (Å²) in [5.74, 6) is -11.1. The number of nitrogens with one attached hydrogen (secondary N) is 1. The van der Waals surface area contributed by atoms with Crippen LogP contribution in [0.15, 0.2) is 134 Å². The van der Waals surface area contributed by atoms with E-state index in [-0.39, 0.29) is 81.1 Å². The lowest BCUT2D eigenvalue weighted by atomic mass is 9.81. The number of carbonyl (C=O) groups is 3. The van der Waals surface area contributed by atoms with Crippen molar-refractivity contribution in [2.24, 2.45) is 11.7 Å². The van der Waals surface area contributed by atoms with E-state index in [0.717, 1.165) is 125 Å². The number of benzene rings is 2. The number of fused-ring (bicyclic) bond motifs is 3. The van der Waals surface area contributed by atoms with Crippen molar-refractivity contribution in [3.63, 3.8) is 0 Å². The predicted molar refractivity (Wildman–Crippen MR) is 452 cm³/mol. The summed E-state index contributed by atoms with van der Waals surface area (Å²) in [6.07, 6.45) is 26.1. The van der Waals surface area contributed by atoms with Crippen LogP contribution in [0.5, 0.6) is 0 Å². The molecule has 0 amide bonds. The first-order chi connectivity index (χ1) is 57.6. The normalized spacial score (nSPS) is 17.0. The third-order valence-electron chi connectivity index (χ3n) is 22.9. The van der Waals surface area contributed by atoms with Gasteiger partial charge in [0, 0.05) is 134 Å². The van der Waals surface area contributed by atoms with Crippen LogP contribution in [0.1, 0.15) is 191 Å². The van der Waals surface area contributed by atoms with Gasteiger partial charge >= 0.3 is 25.0 Å². The van der Waals surface area contributed by atoms with Gasteiger partial charge in [-0.1, -0.05) is 114 Å². The Balaban J connectivity index is 0.000000173. The number of alkyl halides is 6. The third-order valence-corrected chi connectivity index (χ3v) is 23.5. The number of nitrogens with zero attached hydrogens (tertiary/aromatic N) is 12. The molecule has 2 aromatic carbocycles. The number of hydrogen-bond donors (Lipinski definition) is 7. The molecule has 6 aromatic heterocycles. The molecule has 0 saturated heterocycles. The van der Waals surface area contributed by atoms with Crippen molar-refractivity contribution in [3.05, 3.63) is 206 Å². The van der Waals surface area contributed by atoms with Crippen molar-refractivity contribution in [2.75, 3.05) is 44.6 Å². The maximum atomic E-state index is 13.7. The molecule has 0 spiro atoms. The molecular formula is C88H110BCl3F6N14O8. The Bertz CT molecular complexity index is 4510. The van der Waals surface area contributed by atoms with E-state index in [1.807, 2.05) is 52.3 Å². The molecule has 120 heavy (non-hydrogen) atoms. The predicted octanol–water partition coefficient (Wildman–Crippen LogP) is 15.3. The van der Waals surface area contributed by atoms with Crippen LogP contribution in [0.25, 0.3) is 11.3 Å². The van der Waals surface area contributed by atoms with Gasteiger partial charge in [0.05, 0.1) is 11.6 Å². The van der Waals surface area contributed by atoms with E-state index in [9.17, 15) is 50.9 Å². The Labute approximate surface area is 713 Å². The van der Waals surface area contributed by atoms with Gasteiger partial charge in [0.25, 0.3) is 17.8 Å². The van der Waals surface area contributed by atoms with Crippen LogP contribution in [-0.2, 0) is 78.6 Å². The first-order valence-corrected chi connectivity index (χ1v) is 43.1. The second-order valence-electron chi connectivity index (χ2n) is 32.1. The number of pyridine rings is 3. The number of carboxylic acid groups (broad SMARTS) is 3. The molecule has 14 rings (SSSR count). The van der Waals surface area contributed by atoms with Crippen molar-refractivity contribution in [1.29, 1.82) is 0 Å². The van der Waals surface area contributed by atoms with Gasteiger partial charge in [0.15, 0.2) is 0 Å². The van der Waals surface area contributed by atoms with E-state index in [4.69, 9.17) is 70.6 Å². The molecule has 3 saturated carbocycles. The summed E-state index contributed by atoms with van der Waals surface area (Å²) in [4.78, 5) is 79.1. The van der Waals surface area contributed by atoms with Crippen LogP contribution in [0.2, 0.25) is 15.5 Å². The van der Waals surface area contributed by atoms with Crippen molar-refractivity contribution >= 4 is 71.1 Å². The summed E-state index contributed by atoms with van der Waals surface area (Å²) in [5.41, 5.74) is 19.6. The average molecular weight is 1720 g/mol. The minimum absolute atomic E-state index is 0.137. The van der Waals surface area contributed by atoms with E-state index < -0.39 is 60.8 Å². The highest BCUT2D eigenvalue weighted by molar-refractivity contribution is 6.58. The van der Waals surface area contributed by atoms with Gasteiger partial charge in [-0.15, -0.1) is 0 Å². The van der Waals surface area contributed by atoms with Crippen LogP contribution in [0.4, 0.5) is 32.2 Å². The van der Waals surface area contributed by atoms with Gasteiger partial charge in [0.2, 0.25) is 0 Å². The molecule has 6 heterocycles. The maximum Gasteiger partial charge on any atom is 0.488 e. The number of nitrogens with two attached hydrogens (primary N) is 1. The van der Waals surface area contributed by atoms with E-state index in [1.54, 1.807) is 24.3 Å². The molecule has 6 aliphatic carbocycles. The molecular weight excluding hydrogens is 1610 g/mol. The minimum Gasteiger partial charge on any atom is -0.481 e. The lowest BCUT2D eigenvalue weighted by molar-refractivity contribution is -0.143. The number of anilines is 1. The number of unbranched alkanes of at least 4 members (excludes halogenated alkanes) is 3. The second-order valence-corrected chi connectivity index (χ2v) is 33.3. The number of aryl methyl sites for hydroxylation is 9. The molecule has 32 heteroatoms. The molecule has 3 fully saturated rings. The molecule has 0 unspecified atom stereocenters. The quantitative estimate of drug-likeness (QED) is 0.00830. The summed E-state index contributed by atoms with van der Waals surface area (Å²) in [7, 11) is -1.34. The smallest absolute Gasteiger partial charge is 0.481 e. The van der Waals surface area contributed by atoms with Crippen LogP contribution in [-0.4, -0.2) is 197 Å². The van der Waals surface area contributed by atoms with Crippen LogP contribution < -0.4 is 16.5 Å². The van der Waals surface area contributed by atoms with Gasteiger partial charge < -0.3 is 36.4 Å². The first-order valence-electron chi connectivity index (χ1n) is 42.0. The first kappa shape index (κ1) is 93.9. The summed E-state index contributed by atoms with van der Waals surface area (Å²) < 4.78 is 81.2. The van der Waals surface area contributed by atoms with Crippen LogP contribution >= 0.6 is 34.8 Å². The van der Waals surface area contributed by atoms with Crippen LogP contribution in [0, 0.1) is 5.92 Å². The summed E-state index contributed by atoms with van der Waals surface area (Å²) in [6, 6.07) is 33.6. The standard InChI is InChI=1S/C32H38F2N4O2.C25H32ClF2N5O2.C21H31F2N3O2.C6H7BO2.C4H2Cl2N2/c33-32(34)20-28(21-32)38(16-7-6-11-26-14-13-24-10-4-5-12-29(24)37-26)17-15-25(31(39)40)18-27-19-30(36-22-35-27)23-8-2-1-3-9-23;26-22-13-23(30-16-29-22)32-21(24(34)35)10-12-33(19-14-25(27,28)15-19)11-4-3-6-18-9-8-17-5-1-2-7-20(17)31-18;22-21(23)13-17(14-21)26(12-10-18(24)20(27)28)11-4-3-6-16-9-8-15-5-1-2-7-19(15)25-16;8-7(9)6-4-2-1-3-5-6;5-3-1-4(6)8-2-7-3/h1-3,8-9,13-14,19,22,25,28H,4-7,10-12,15-18,20-21H2,(H,39,40);8-9,13,16,19,21H,1-7,10-12,14-15H2,(H,34,35)(H,29,30,32);8-9,17-18H,1-7,10-14,24H2,(H,27,28);1-5,8-9H;1-2H/t25-;21-;18-;;/m100../s1. The highest BCUT2D eigenvalue weighted by Crippen LogP contribution is 2.43. The number of aromatic nitrogens is 9. The lowest BCUT2D eigenvalue weighted by Gasteiger charge is -2.43. The van der Waals surface area contributed by atoms with Gasteiger partial charge in [-0.2, -0.15) is 0 Å². The van der Waals surface area contributed by atoms with E-state index in [1.165, 1.54) is 103 Å². The Hall–Kier alpha value is -8.39. The largest absolute Gasteiger partial charge is 0.488 e. The number of hydrogen-bond acceptors (Lipinski definition) is 19. The fraction of sp³-hybridized carbons (Fsp3) is 0.523. The zero-order chi connectivity index (χ0) is 85.6. The molecule has 0 bridgehead atoms. The van der Waals surface area contributed by atoms with Crippen LogP contribution in [0.3, 0.4) is 0 Å². The number of halogens is 9. The summed E-state index contributed by atoms with van der Waals surface area (Å²) in [5, 5.41) is 49.5. The van der Waals surface area contributed by atoms with Gasteiger partial charge in [0.1, 0.15) is 52.3 Å². The van der Waals surface area contributed by atoms with Gasteiger partial charge in [-0.25, -0.2) is 61.0 Å². The van der Waals surface area contributed by atoms with Crippen molar-refractivity contribution in [3.8, 4) is 11.3 Å². The number of carboxylic acids is 3. The molecule has 646 valence electrons. The zero-order valence-electron chi connectivity index (χ0n) is 67.7. The highest BCUT2D eigenvalue weighted by Gasteiger charge is 2.50. The molecule has 3 atom stereocenters. The lowest BCUT2D eigenvalue weighted by Crippen LogP contribution is -2.52. The van der Waals surface area contributed by atoms with Crippen molar-refractivity contribution in [2.45, 2.75) is 247 Å². The van der Waals surface area contributed by atoms with E-state index in [0.29, 0.717) is 73.0 Å². The van der Waals surface area contributed by atoms with Gasteiger partial charge in [-0.05, 0) is 227 Å². The Morgan fingerprint density at radius 3 is 1.23 bits per heavy atom. The fourth-order valence-corrected chi connectivity index (χ4v) is 16.4. The fourth-order valence-electron chi connectivity index (χ4n) is 15.9. The molecule has 0 radical (unpaired) electrons. The molecule has 8 N–H and O–H groups in total. The van der Waals surface area contributed by atoms with Crippen molar-refractivity contribution < 1.29 is 66.1 Å². The monoisotopic (exact) mass is 1720 g/mol. The maximum absolute atomic E-state index is 13.7. The molecule has 6 aliphatic rings.